The molecule has 0 bridgehead atoms. The maximum Gasteiger partial charge on any atom is 0.144 e. The van der Waals surface area contributed by atoms with Crippen LogP contribution in [0.4, 0.5) is 11.6 Å². The van der Waals surface area contributed by atoms with Gasteiger partial charge in [0.25, 0.3) is 0 Å². The molecule has 0 amide bonds. The molecule has 0 aliphatic rings. The van der Waals surface area contributed by atoms with Gasteiger partial charge in [0.05, 0.1) is 24.6 Å². The summed E-state index contributed by atoms with van der Waals surface area (Å²) < 4.78 is 0. The van der Waals surface area contributed by atoms with E-state index >= 15 is 0 Å². The molecular formula is C11H13N5. The van der Waals surface area contributed by atoms with Gasteiger partial charge in [-0.05, 0) is 19.1 Å². The van der Waals surface area contributed by atoms with Gasteiger partial charge in [0.2, 0.25) is 0 Å². The van der Waals surface area contributed by atoms with Gasteiger partial charge in [-0.25, -0.2) is 9.97 Å². The van der Waals surface area contributed by atoms with Gasteiger partial charge >= 0.3 is 0 Å². The van der Waals surface area contributed by atoms with E-state index in [0.717, 1.165) is 11.4 Å². The van der Waals surface area contributed by atoms with E-state index in [1.807, 2.05) is 25.1 Å². The molecule has 82 valence electrons. The predicted molar refractivity (Wildman–Crippen MR) is 62.7 cm³/mol. The Morgan fingerprint density at radius 1 is 1.25 bits per heavy atom. The summed E-state index contributed by atoms with van der Waals surface area (Å²) in [6, 6.07) is 5.91. The van der Waals surface area contributed by atoms with Gasteiger partial charge < -0.3 is 11.1 Å². The highest BCUT2D eigenvalue weighted by Crippen LogP contribution is 2.04. The minimum atomic E-state index is 0.416. The van der Waals surface area contributed by atoms with Crippen LogP contribution in [0.2, 0.25) is 0 Å². The molecule has 2 aromatic heterocycles. The Morgan fingerprint density at radius 3 is 2.81 bits per heavy atom. The minimum absolute atomic E-state index is 0.416. The Bertz CT molecular complexity index is 466. The highest BCUT2D eigenvalue weighted by molar-refractivity contribution is 5.36. The third kappa shape index (κ3) is 2.66. The fourth-order valence-corrected chi connectivity index (χ4v) is 1.31. The van der Waals surface area contributed by atoms with Crippen LogP contribution in [0.5, 0.6) is 0 Å². The third-order valence-corrected chi connectivity index (χ3v) is 2.07. The molecule has 0 saturated carbocycles. The first-order chi connectivity index (χ1) is 7.74. The highest BCUT2D eigenvalue weighted by atomic mass is 15.0. The number of anilines is 2. The SMILES string of the molecule is Cc1cccc(CNc2cnc(N)cn2)n1. The second-order valence-electron chi connectivity index (χ2n) is 3.45. The van der Waals surface area contributed by atoms with Crippen molar-refractivity contribution in [2.75, 3.05) is 11.1 Å². The molecule has 0 fully saturated rings. The molecule has 5 heteroatoms. The van der Waals surface area contributed by atoms with Crippen LogP contribution in [-0.4, -0.2) is 15.0 Å². The molecule has 3 N–H and O–H groups in total. The number of aryl methyl sites for hydroxylation is 1. The summed E-state index contributed by atoms with van der Waals surface area (Å²) in [5.41, 5.74) is 7.41. The maximum atomic E-state index is 5.44. The van der Waals surface area contributed by atoms with E-state index in [0.29, 0.717) is 18.2 Å². The maximum absolute atomic E-state index is 5.44. The van der Waals surface area contributed by atoms with Crippen molar-refractivity contribution in [3.05, 3.63) is 42.0 Å². The van der Waals surface area contributed by atoms with E-state index in [1.165, 1.54) is 6.20 Å². The molecule has 2 aromatic rings. The molecule has 0 aliphatic heterocycles. The Kier molecular flexibility index (Phi) is 2.95. The predicted octanol–water partition coefficient (Wildman–Crippen LogP) is 1.37. The van der Waals surface area contributed by atoms with E-state index < -0.39 is 0 Å². The standard InChI is InChI=1S/C11H13N5/c1-8-3-2-4-9(16-8)5-14-11-7-13-10(12)6-15-11/h2-4,6-7H,5H2,1H3,(H2,12,13)(H,14,15). The summed E-state index contributed by atoms with van der Waals surface area (Å²) in [7, 11) is 0. The molecular weight excluding hydrogens is 202 g/mol. The van der Waals surface area contributed by atoms with Crippen LogP contribution in [-0.2, 0) is 6.54 Å². The first kappa shape index (κ1) is 10.4. The molecule has 0 atom stereocenters. The summed E-state index contributed by atoms with van der Waals surface area (Å²) in [4.78, 5) is 12.4. The number of nitrogens with two attached hydrogens (primary N) is 1. The summed E-state index contributed by atoms with van der Waals surface area (Å²) in [6.45, 7) is 2.59. The zero-order chi connectivity index (χ0) is 11.4. The highest BCUT2D eigenvalue weighted by Gasteiger charge is 1.97. The van der Waals surface area contributed by atoms with Crippen molar-refractivity contribution in [3.8, 4) is 0 Å². The summed E-state index contributed by atoms with van der Waals surface area (Å²) in [6.07, 6.45) is 3.12. The second-order valence-corrected chi connectivity index (χ2v) is 3.45. The quantitative estimate of drug-likeness (QED) is 0.808. The lowest BCUT2D eigenvalue weighted by Crippen LogP contribution is -2.04. The minimum Gasteiger partial charge on any atom is -0.382 e. The summed E-state index contributed by atoms with van der Waals surface area (Å²) in [5, 5.41) is 3.12. The lowest BCUT2D eigenvalue weighted by Gasteiger charge is -2.05. The fraction of sp³-hybridized carbons (Fsp3) is 0.182. The van der Waals surface area contributed by atoms with Crippen LogP contribution in [0.1, 0.15) is 11.4 Å². The average Bonchev–Trinajstić information content (AvgIpc) is 2.28. The molecule has 16 heavy (non-hydrogen) atoms. The number of pyridine rings is 1. The van der Waals surface area contributed by atoms with E-state index in [-0.39, 0.29) is 0 Å². The van der Waals surface area contributed by atoms with Gasteiger partial charge in [-0.1, -0.05) is 6.07 Å². The number of hydrogen-bond acceptors (Lipinski definition) is 5. The normalized spacial score (nSPS) is 10.1. The Hall–Kier alpha value is -2.17. The number of hydrogen-bond donors (Lipinski definition) is 2. The van der Waals surface area contributed by atoms with Gasteiger partial charge in [-0.3, -0.25) is 4.98 Å². The Balaban J connectivity index is 1.99. The van der Waals surface area contributed by atoms with Gasteiger partial charge in [-0.15, -0.1) is 0 Å². The molecule has 0 spiro atoms. The Labute approximate surface area is 93.8 Å². The van der Waals surface area contributed by atoms with E-state index in [2.05, 4.69) is 20.3 Å². The van der Waals surface area contributed by atoms with Crippen LogP contribution in [0.15, 0.2) is 30.6 Å². The third-order valence-electron chi connectivity index (χ3n) is 2.07. The van der Waals surface area contributed by atoms with Crippen molar-refractivity contribution in [1.29, 1.82) is 0 Å². The van der Waals surface area contributed by atoms with Gasteiger partial charge in [0.15, 0.2) is 0 Å². The Morgan fingerprint density at radius 2 is 2.12 bits per heavy atom. The van der Waals surface area contributed by atoms with Crippen molar-refractivity contribution < 1.29 is 0 Å². The molecule has 0 aromatic carbocycles. The lowest BCUT2D eigenvalue weighted by molar-refractivity contribution is 0.999. The second kappa shape index (κ2) is 4.57. The van der Waals surface area contributed by atoms with Crippen molar-refractivity contribution in [2.45, 2.75) is 13.5 Å². The van der Waals surface area contributed by atoms with Crippen LogP contribution in [0.3, 0.4) is 0 Å². The fourth-order valence-electron chi connectivity index (χ4n) is 1.31. The van der Waals surface area contributed by atoms with Crippen molar-refractivity contribution in [3.63, 3.8) is 0 Å². The van der Waals surface area contributed by atoms with E-state index in [1.54, 1.807) is 6.20 Å². The van der Waals surface area contributed by atoms with Gasteiger partial charge in [0, 0.05) is 5.69 Å². The molecule has 5 nitrogen and oxygen atoms in total. The monoisotopic (exact) mass is 215 g/mol. The summed E-state index contributed by atoms with van der Waals surface area (Å²) >= 11 is 0. The van der Waals surface area contributed by atoms with Gasteiger partial charge in [-0.2, -0.15) is 0 Å². The van der Waals surface area contributed by atoms with Crippen molar-refractivity contribution >= 4 is 11.6 Å². The topological polar surface area (TPSA) is 76.7 Å². The molecule has 0 unspecified atom stereocenters. The lowest BCUT2D eigenvalue weighted by atomic mass is 10.3. The number of nitrogens with one attached hydrogen (secondary N) is 1. The van der Waals surface area contributed by atoms with Crippen LogP contribution >= 0.6 is 0 Å². The zero-order valence-electron chi connectivity index (χ0n) is 9.01. The molecule has 2 heterocycles. The molecule has 0 aliphatic carbocycles. The molecule has 2 rings (SSSR count). The van der Waals surface area contributed by atoms with Crippen molar-refractivity contribution in [1.82, 2.24) is 15.0 Å². The number of rotatable bonds is 3. The van der Waals surface area contributed by atoms with E-state index in [4.69, 9.17) is 5.73 Å². The van der Waals surface area contributed by atoms with Crippen LogP contribution in [0.25, 0.3) is 0 Å². The van der Waals surface area contributed by atoms with Crippen molar-refractivity contribution in [2.24, 2.45) is 0 Å². The summed E-state index contributed by atoms with van der Waals surface area (Å²) in [5.74, 6) is 1.11. The molecule has 0 radical (unpaired) electrons. The van der Waals surface area contributed by atoms with Crippen LogP contribution < -0.4 is 11.1 Å². The average molecular weight is 215 g/mol. The smallest absolute Gasteiger partial charge is 0.144 e. The molecule has 0 saturated heterocycles. The first-order valence-corrected chi connectivity index (χ1v) is 4.98. The number of nitrogens with zero attached hydrogens (tertiary/aromatic N) is 3. The zero-order valence-corrected chi connectivity index (χ0v) is 9.01. The van der Waals surface area contributed by atoms with E-state index in [9.17, 15) is 0 Å². The van der Waals surface area contributed by atoms with Crippen LogP contribution in [0, 0.1) is 6.92 Å². The first-order valence-electron chi connectivity index (χ1n) is 4.98. The number of aromatic nitrogens is 3. The van der Waals surface area contributed by atoms with Gasteiger partial charge in [0.1, 0.15) is 11.6 Å². The number of nitrogen functional groups attached to an aromatic ring is 1. The largest absolute Gasteiger partial charge is 0.382 e.